The van der Waals surface area contributed by atoms with Gasteiger partial charge >= 0.3 is 6.03 Å². The Bertz CT molecular complexity index is 545. The first-order chi connectivity index (χ1) is 9.17. The molecule has 2 rings (SSSR count). The number of carbonyl (C=O) groups excluding carboxylic acids is 1. The Kier molecular flexibility index (Phi) is 4.06. The van der Waals surface area contributed by atoms with Crippen molar-refractivity contribution in [2.24, 2.45) is 7.05 Å². The van der Waals surface area contributed by atoms with Crippen LogP contribution in [0.5, 0.6) is 0 Å². The van der Waals surface area contributed by atoms with Crippen LogP contribution < -0.4 is 10.6 Å². The van der Waals surface area contributed by atoms with E-state index in [2.05, 4.69) is 31.0 Å². The normalized spacial score (nSPS) is 10.4. The largest absolute Gasteiger partial charge is 0.332 e. The lowest BCUT2D eigenvalue weighted by atomic mass is 10.4. The van der Waals surface area contributed by atoms with Crippen LogP contribution in [0.2, 0.25) is 0 Å². The summed E-state index contributed by atoms with van der Waals surface area (Å²) in [4.78, 5) is 14.5. The molecule has 9 heteroatoms. The van der Waals surface area contributed by atoms with Crippen LogP contribution in [0.1, 0.15) is 18.3 Å². The molecule has 0 unspecified atom stereocenters. The van der Waals surface area contributed by atoms with E-state index < -0.39 is 0 Å². The first-order valence-corrected chi connectivity index (χ1v) is 5.93. The van der Waals surface area contributed by atoms with Crippen molar-refractivity contribution in [2.45, 2.75) is 26.6 Å². The summed E-state index contributed by atoms with van der Waals surface area (Å²) in [5.41, 5.74) is 1.42. The molecule has 0 aliphatic rings. The number of rotatable bonds is 5. The molecule has 0 saturated heterocycles. The number of amides is 2. The number of nitrogens with one attached hydrogen (secondary N) is 2. The minimum Gasteiger partial charge on any atom is -0.332 e. The van der Waals surface area contributed by atoms with Crippen LogP contribution in [-0.2, 0) is 26.7 Å². The summed E-state index contributed by atoms with van der Waals surface area (Å²) in [5, 5.41) is 21.5. The highest BCUT2D eigenvalue weighted by Crippen LogP contribution is 1.92. The summed E-state index contributed by atoms with van der Waals surface area (Å²) in [6.45, 7) is 3.33. The summed E-state index contributed by atoms with van der Waals surface area (Å²) in [7, 11) is 1.72. The molecule has 2 amide bonds. The second-order valence-corrected chi connectivity index (χ2v) is 3.89. The number of hydrogen-bond acceptors (Lipinski definition) is 5. The first-order valence-electron chi connectivity index (χ1n) is 5.93. The Morgan fingerprint density at radius 2 is 1.79 bits per heavy atom. The molecule has 102 valence electrons. The van der Waals surface area contributed by atoms with Gasteiger partial charge in [-0.25, -0.2) is 4.79 Å². The van der Waals surface area contributed by atoms with Crippen LogP contribution in [0.3, 0.4) is 0 Å². The quantitative estimate of drug-likeness (QED) is 0.752. The molecule has 2 aromatic rings. The number of urea groups is 1. The van der Waals surface area contributed by atoms with E-state index in [1.807, 2.05) is 6.92 Å². The zero-order valence-electron chi connectivity index (χ0n) is 10.9. The molecule has 19 heavy (non-hydrogen) atoms. The summed E-state index contributed by atoms with van der Waals surface area (Å²) >= 11 is 0. The van der Waals surface area contributed by atoms with Gasteiger partial charge in [0.05, 0.1) is 32.0 Å². The van der Waals surface area contributed by atoms with Crippen molar-refractivity contribution >= 4 is 6.03 Å². The Morgan fingerprint density at radius 3 is 2.32 bits per heavy atom. The highest BCUT2D eigenvalue weighted by atomic mass is 16.2. The van der Waals surface area contributed by atoms with Crippen molar-refractivity contribution in [1.29, 1.82) is 0 Å². The van der Waals surface area contributed by atoms with E-state index in [-0.39, 0.29) is 6.03 Å². The lowest BCUT2D eigenvalue weighted by molar-refractivity contribution is 0.240. The number of aromatic nitrogens is 6. The van der Waals surface area contributed by atoms with Crippen LogP contribution in [0.25, 0.3) is 0 Å². The van der Waals surface area contributed by atoms with Crippen molar-refractivity contribution in [3.05, 3.63) is 23.8 Å². The lowest BCUT2D eigenvalue weighted by Crippen LogP contribution is -2.34. The van der Waals surface area contributed by atoms with Crippen LogP contribution in [-0.4, -0.2) is 36.0 Å². The fourth-order valence-corrected chi connectivity index (χ4v) is 1.44. The van der Waals surface area contributed by atoms with E-state index in [0.29, 0.717) is 25.3 Å². The van der Waals surface area contributed by atoms with Gasteiger partial charge in [-0.05, 0) is 6.92 Å². The Hall–Kier alpha value is -2.45. The minimum absolute atomic E-state index is 0.281. The van der Waals surface area contributed by atoms with Gasteiger partial charge in [0.2, 0.25) is 0 Å². The van der Waals surface area contributed by atoms with Crippen molar-refractivity contribution < 1.29 is 4.79 Å². The second-order valence-electron chi connectivity index (χ2n) is 3.89. The van der Waals surface area contributed by atoms with Crippen LogP contribution >= 0.6 is 0 Å². The molecule has 0 atom stereocenters. The molecule has 2 aromatic heterocycles. The smallest absolute Gasteiger partial charge is 0.315 e. The molecule has 0 aromatic carbocycles. The zero-order valence-corrected chi connectivity index (χ0v) is 10.9. The van der Waals surface area contributed by atoms with Gasteiger partial charge in [0.15, 0.2) is 0 Å². The minimum atomic E-state index is -0.281. The molecule has 2 heterocycles. The summed E-state index contributed by atoms with van der Waals surface area (Å²) in [6, 6.07) is -0.281. The van der Waals surface area contributed by atoms with Gasteiger partial charge in [0, 0.05) is 7.05 Å². The number of nitrogens with zero attached hydrogens (tertiary/aromatic N) is 6. The molecule has 9 nitrogen and oxygen atoms in total. The molecule has 0 saturated carbocycles. The molecular weight excluding hydrogens is 248 g/mol. The molecule has 0 fully saturated rings. The van der Waals surface area contributed by atoms with E-state index in [1.165, 1.54) is 4.80 Å². The monoisotopic (exact) mass is 264 g/mol. The van der Waals surface area contributed by atoms with E-state index in [0.717, 1.165) is 5.69 Å². The topological polar surface area (TPSA) is 103 Å². The maximum atomic E-state index is 11.5. The van der Waals surface area contributed by atoms with Crippen molar-refractivity contribution in [1.82, 2.24) is 40.6 Å². The number of hydrogen-bond donors (Lipinski definition) is 2. The molecular formula is C10H16N8O. The summed E-state index contributed by atoms with van der Waals surface area (Å²) in [6.07, 6.45) is 3.24. The van der Waals surface area contributed by atoms with Gasteiger partial charge in [-0.2, -0.15) is 30.0 Å². The van der Waals surface area contributed by atoms with Crippen LogP contribution in [0.4, 0.5) is 4.79 Å². The highest BCUT2D eigenvalue weighted by Gasteiger charge is 2.04. The Labute approximate surface area is 110 Å². The fourth-order valence-electron chi connectivity index (χ4n) is 1.44. The molecule has 2 N–H and O–H groups in total. The average Bonchev–Trinajstić information content (AvgIpc) is 3.02. The van der Waals surface area contributed by atoms with Gasteiger partial charge in [-0.3, -0.25) is 0 Å². The van der Waals surface area contributed by atoms with Gasteiger partial charge in [-0.1, -0.05) is 0 Å². The predicted octanol–water partition coefficient (Wildman–Crippen LogP) is -0.574. The SMILES string of the molecule is CCn1ncc(CNC(=O)NCc2cnn(C)n2)n1. The van der Waals surface area contributed by atoms with E-state index in [4.69, 9.17) is 0 Å². The molecule has 0 radical (unpaired) electrons. The lowest BCUT2D eigenvalue weighted by Gasteiger charge is -2.04. The van der Waals surface area contributed by atoms with Crippen molar-refractivity contribution in [2.75, 3.05) is 0 Å². The third-order valence-corrected chi connectivity index (χ3v) is 2.37. The van der Waals surface area contributed by atoms with E-state index >= 15 is 0 Å². The van der Waals surface area contributed by atoms with E-state index in [1.54, 1.807) is 24.2 Å². The number of aryl methyl sites for hydroxylation is 2. The van der Waals surface area contributed by atoms with Gasteiger partial charge in [0.1, 0.15) is 11.4 Å². The molecule has 0 aliphatic carbocycles. The Morgan fingerprint density at radius 1 is 1.16 bits per heavy atom. The van der Waals surface area contributed by atoms with E-state index in [9.17, 15) is 4.79 Å². The van der Waals surface area contributed by atoms with Crippen LogP contribution in [0, 0.1) is 0 Å². The molecule has 0 spiro atoms. The maximum Gasteiger partial charge on any atom is 0.315 e. The highest BCUT2D eigenvalue weighted by molar-refractivity contribution is 5.73. The van der Waals surface area contributed by atoms with Gasteiger partial charge < -0.3 is 10.6 Å². The van der Waals surface area contributed by atoms with Crippen LogP contribution in [0.15, 0.2) is 12.4 Å². The second kappa shape index (κ2) is 5.94. The van der Waals surface area contributed by atoms with Gasteiger partial charge in [0.25, 0.3) is 0 Å². The van der Waals surface area contributed by atoms with Crippen molar-refractivity contribution in [3.63, 3.8) is 0 Å². The third kappa shape index (κ3) is 3.76. The zero-order chi connectivity index (χ0) is 13.7. The Balaban J connectivity index is 1.72. The summed E-state index contributed by atoms with van der Waals surface area (Å²) < 4.78 is 0. The third-order valence-electron chi connectivity index (χ3n) is 2.37. The van der Waals surface area contributed by atoms with Gasteiger partial charge in [-0.15, -0.1) is 0 Å². The molecule has 0 bridgehead atoms. The molecule has 0 aliphatic heterocycles. The average molecular weight is 264 g/mol. The first kappa shape index (κ1) is 13.0. The fraction of sp³-hybridized carbons (Fsp3) is 0.500. The standard InChI is InChI=1S/C10H16N8O/c1-3-18-14-7-9(16-18)5-12-10(19)11-4-8-6-13-17(2)15-8/h6-7H,3-5H2,1-2H3,(H2,11,12,19). The maximum absolute atomic E-state index is 11.5. The van der Waals surface area contributed by atoms with Crippen molar-refractivity contribution in [3.8, 4) is 0 Å². The summed E-state index contributed by atoms with van der Waals surface area (Å²) in [5.74, 6) is 0. The number of carbonyl (C=O) groups is 1. The predicted molar refractivity (Wildman–Crippen MR) is 65.8 cm³/mol.